The van der Waals surface area contributed by atoms with Gasteiger partial charge in [-0.3, -0.25) is 9.69 Å². The van der Waals surface area contributed by atoms with E-state index >= 15 is 0 Å². The quantitative estimate of drug-likeness (QED) is 0.849. The summed E-state index contributed by atoms with van der Waals surface area (Å²) in [5.74, 6) is 0.980. The highest BCUT2D eigenvalue weighted by Crippen LogP contribution is 2.41. The van der Waals surface area contributed by atoms with E-state index in [1.165, 1.54) is 0 Å². The summed E-state index contributed by atoms with van der Waals surface area (Å²) in [6.07, 6.45) is 2.30. The smallest absolute Gasteiger partial charge is 0.234 e. The number of carbonyl (C=O) groups is 1. The third-order valence-electron chi connectivity index (χ3n) is 5.01. The summed E-state index contributed by atoms with van der Waals surface area (Å²) in [6, 6.07) is 0.420. The Labute approximate surface area is 123 Å². The number of hydrogen-bond donors (Lipinski definition) is 1. The lowest BCUT2D eigenvalue weighted by atomic mass is 9.66. The van der Waals surface area contributed by atoms with E-state index in [1.54, 1.807) is 0 Å². The molecule has 4 heteroatoms. The van der Waals surface area contributed by atoms with Crippen LogP contribution in [-0.4, -0.2) is 61.0 Å². The molecule has 0 bridgehead atoms. The predicted molar refractivity (Wildman–Crippen MR) is 82.7 cm³/mol. The van der Waals surface area contributed by atoms with Crippen molar-refractivity contribution in [2.24, 2.45) is 11.3 Å². The minimum atomic E-state index is 0.215. The molecular formula is C16H31N3O. The van der Waals surface area contributed by atoms with Gasteiger partial charge in [0.2, 0.25) is 5.91 Å². The molecule has 2 fully saturated rings. The van der Waals surface area contributed by atoms with Crippen LogP contribution in [0.25, 0.3) is 0 Å². The fraction of sp³-hybridized carbons (Fsp3) is 0.938. The van der Waals surface area contributed by atoms with Crippen molar-refractivity contribution in [3.8, 4) is 0 Å². The maximum Gasteiger partial charge on any atom is 0.234 e. The number of rotatable bonds is 4. The van der Waals surface area contributed by atoms with Crippen LogP contribution < -0.4 is 5.32 Å². The third-order valence-corrected chi connectivity index (χ3v) is 5.01. The second kappa shape index (κ2) is 6.44. The Balaban J connectivity index is 1.63. The highest BCUT2D eigenvalue weighted by Gasteiger charge is 2.37. The second-order valence-electron chi connectivity index (χ2n) is 7.51. The average molecular weight is 281 g/mol. The molecule has 2 rings (SSSR count). The maximum absolute atomic E-state index is 12.1. The molecule has 1 saturated carbocycles. The van der Waals surface area contributed by atoms with Crippen molar-refractivity contribution in [3.05, 3.63) is 0 Å². The van der Waals surface area contributed by atoms with Gasteiger partial charge in [0, 0.05) is 32.2 Å². The monoisotopic (exact) mass is 281 g/mol. The highest BCUT2D eigenvalue weighted by molar-refractivity contribution is 5.78. The number of piperazine rings is 1. The zero-order valence-electron chi connectivity index (χ0n) is 13.6. The van der Waals surface area contributed by atoms with Crippen LogP contribution in [0, 0.1) is 11.3 Å². The fourth-order valence-electron chi connectivity index (χ4n) is 3.18. The van der Waals surface area contributed by atoms with E-state index in [0.717, 1.165) is 51.5 Å². The number of amides is 1. The number of hydrogen-bond acceptors (Lipinski definition) is 3. The van der Waals surface area contributed by atoms with Crippen molar-refractivity contribution < 1.29 is 4.79 Å². The minimum absolute atomic E-state index is 0.215. The van der Waals surface area contributed by atoms with Gasteiger partial charge in [-0.05, 0) is 30.7 Å². The Hall–Kier alpha value is -0.610. The molecule has 1 aliphatic heterocycles. The van der Waals surface area contributed by atoms with Crippen molar-refractivity contribution in [1.29, 1.82) is 0 Å². The van der Waals surface area contributed by atoms with Crippen LogP contribution in [0.3, 0.4) is 0 Å². The lowest BCUT2D eigenvalue weighted by Gasteiger charge is -2.44. The van der Waals surface area contributed by atoms with Crippen molar-refractivity contribution in [3.63, 3.8) is 0 Å². The summed E-state index contributed by atoms with van der Waals surface area (Å²) in [5.41, 5.74) is 0.387. The lowest BCUT2D eigenvalue weighted by Crippen LogP contribution is -2.53. The molecule has 0 unspecified atom stereocenters. The first kappa shape index (κ1) is 15.8. The van der Waals surface area contributed by atoms with Crippen molar-refractivity contribution in [2.45, 2.75) is 46.6 Å². The summed E-state index contributed by atoms with van der Waals surface area (Å²) < 4.78 is 0. The molecule has 1 aliphatic carbocycles. The molecule has 0 aromatic rings. The summed E-state index contributed by atoms with van der Waals surface area (Å²) in [6.45, 7) is 15.0. The molecule has 20 heavy (non-hydrogen) atoms. The molecule has 1 saturated heterocycles. The topological polar surface area (TPSA) is 35.6 Å². The maximum atomic E-state index is 12.1. The van der Waals surface area contributed by atoms with Crippen LogP contribution >= 0.6 is 0 Å². The Bertz CT molecular complexity index is 323. The molecule has 1 N–H and O–H groups in total. The summed E-state index contributed by atoms with van der Waals surface area (Å²) >= 11 is 0. The normalized spacial score (nSPS) is 29.0. The van der Waals surface area contributed by atoms with Crippen LogP contribution in [0.2, 0.25) is 0 Å². The van der Waals surface area contributed by atoms with Gasteiger partial charge in [-0.25, -0.2) is 0 Å². The molecule has 1 heterocycles. The lowest BCUT2D eigenvalue weighted by molar-refractivity contribution is -0.124. The molecule has 0 aromatic carbocycles. The molecular weight excluding hydrogens is 250 g/mol. The van der Waals surface area contributed by atoms with E-state index in [2.05, 4.69) is 42.8 Å². The molecule has 4 nitrogen and oxygen atoms in total. The van der Waals surface area contributed by atoms with Crippen LogP contribution in [-0.2, 0) is 4.79 Å². The van der Waals surface area contributed by atoms with Gasteiger partial charge in [-0.1, -0.05) is 27.7 Å². The van der Waals surface area contributed by atoms with Gasteiger partial charge in [0.05, 0.1) is 6.54 Å². The standard InChI is InChI=1S/C16H31N3O/c1-5-18-6-8-19(9-7-18)12-15(20)17-14-10-13(11-14)16(2,3)4/h13-14H,5-12H2,1-4H3,(H,17,20). The Kier molecular flexibility index (Phi) is 5.08. The fourth-order valence-corrected chi connectivity index (χ4v) is 3.18. The van der Waals surface area contributed by atoms with Crippen LogP contribution in [0.4, 0.5) is 0 Å². The third kappa shape index (κ3) is 4.19. The van der Waals surface area contributed by atoms with E-state index in [4.69, 9.17) is 0 Å². The van der Waals surface area contributed by atoms with Crippen molar-refractivity contribution >= 4 is 5.91 Å². The first-order valence-electron chi connectivity index (χ1n) is 8.12. The molecule has 0 atom stereocenters. The van der Waals surface area contributed by atoms with E-state index in [0.29, 0.717) is 18.0 Å². The molecule has 2 aliphatic rings. The van der Waals surface area contributed by atoms with Gasteiger partial charge in [-0.15, -0.1) is 0 Å². The van der Waals surface area contributed by atoms with Crippen molar-refractivity contribution in [1.82, 2.24) is 15.1 Å². The van der Waals surface area contributed by atoms with Gasteiger partial charge in [-0.2, -0.15) is 0 Å². The zero-order valence-corrected chi connectivity index (χ0v) is 13.6. The zero-order chi connectivity index (χ0) is 14.8. The van der Waals surface area contributed by atoms with E-state index in [1.807, 2.05) is 0 Å². The minimum Gasteiger partial charge on any atom is -0.352 e. The van der Waals surface area contributed by atoms with Crippen LogP contribution in [0.5, 0.6) is 0 Å². The Morgan fingerprint density at radius 2 is 1.65 bits per heavy atom. The SMILES string of the molecule is CCN1CCN(CC(=O)NC2CC(C(C)(C)C)C2)CC1. The van der Waals surface area contributed by atoms with Gasteiger partial charge in [0.25, 0.3) is 0 Å². The second-order valence-corrected chi connectivity index (χ2v) is 7.51. The molecule has 0 spiro atoms. The van der Waals surface area contributed by atoms with E-state index in [9.17, 15) is 4.79 Å². The van der Waals surface area contributed by atoms with Gasteiger partial charge < -0.3 is 10.2 Å². The summed E-state index contributed by atoms with van der Waals surface area (Å²) in [5, 5.41) is 3.20. The molecule has 0 radical (unpaired) electrons. The first-order valence-corrected chi connectivity index (χ1v) is 8.12. The highest BCUT2D eigenvalue weighted by atomic mass is 16.2. The van der Waals surface area contributed by atoms with E-state index < -0.39 is 0 Å². The molecule has 1 amide bonds. The number of nitrogens with zero attached hydrogens (tertiary/aromatic N) is 2. The van der Waals surface area contributed by atoms with Gasteiger partial charge in [0.15, 0.2) is 0 Å². The average Bonchev–Trinajstić information content (AvgIpc) is 2.33. The number of likely N-dealkylation sites (N-methyl/N-ethyl adjacent to an activating group) is 1. The van der Waals surface area contributed by atoms with Crippen molar-refractivity contribution in [2.75, 3.05) is 39.3 Å². The first-order chi connectivity index (χ1) is 9.38. The Morgan fingerprint density at radius 3 is 2.15 bits per heavy atom. The van der Waals surface area contributed by atoms with Crippen LogP contribution in [0.15, 0.2) is 0 Å². The number of carbonyl (C=O) groups excluding carboxylic acids is 1. The predicted octanol–water partition coefficient (Wildman–Crippen LogP) is 1.56. The van der Waals surface area contributed by atoms with Crippen LogP contribution in [0.1, 0.15) is 40.5 Å². The summed E-state index contributed by atoms with van der Waals surface area (Å²) in [4.78, 5) is 16.8. The van der Waals surface area contributed by atoms with Gasteiger partial charge in [0.1, 0.15) is 0 Å². The summed E-state index contributed by atoms with van der Waals surface area (Å²) in [7, 11) is 0. The Morgan fingerprint density at radius 1 is 1.10 bits per heavy atom. The number of nitrogens with one attached hydrogen (secondary N) is 1. The van der Waals surface area contributed by atoms with Gasteiger partial charge >= 0.3 is 0 Å². The largest absolute Gasteiger partial charge is 0.352 e. The van der Waals surface area contributed by atoms with E-state index in [-0.39, 0.29) is 5.91 Å². The molecule has 116 valence electrons. The molecule has 0 aromatic heterocycles.